The molecular weight excluding hydrogens is 1450 g/mol. The molecule has 0 aliphatic carbocycles. The summed E-state index contributed by atoms with van der Waals surface area (Å²) in [6.45, 7) is 46.7. The molecule has 614 valence electrons. The normalized spacial score (nSPS) is 12.8. The van der Waals surface area contributed by atoms with Crippen molar-refractivity contribution in [1.82, 2.24) is 20.4 Å². The average Bonchev–Trinajstić information content (AvgIpc) is 0.922. The second kappa shape index (κ2) is 69.8. The zero-order valence-electron chi connectivity index (χ0n) is 69.3. The fourth-order valence-corrected chi connectivity index (χ4v) is 29.3. The Balaban J connectivity index is -0.000000624. The molecule has 2 N–H and O–H groups in total. The average molecular weight is 1600 g/mol. The molecule has 101 heavy (non-hydrogen) atoms. The van der Waals surface area contributed by atoms with Crippen molar-refractivity contribution in [1.29, 1.82) is 0 Å². The largest absolute Gasteiger partial charge is 0.500 e. The molecule has 0 aromatic rings. The summed E-state index contributed by atoms with van der Waals surface area (Å²) in [4.78, 5) is 4.62. The first-order valence-corrected chi connectivity index (χ1v) is 53.4. The molecule has 0 heterocycles. The van der Waals surface area contributed by atoms with E-state index >= 15 is 0 Å². The molecule has 0 aromatic heterocycles. The highest BCUT2D eigenvalue weighted by Crippen LogP contribution is 2.24. The van der Waals surface area contributed by atoms with Gasteiger partial charge in [0, 0.05) is 211 Å². The number of nitrogens with zero attached hydrogens (tertiary/aromatic N) is 2. The van der Waals surface area contributed by atoms with Crippen molar-refractivity contribution in [3.63, 3.8) is 0 Å². The molecule has 28 nitrogen and oxygen atoms in total. The maximum absolute atomic E-state index is 5.93. The standard InChI is InChI=1S/C19H45NO6Si2.C18H43NO6Si2.C15H37NO6Si2.C13H33NO6Si2/c1-8-21-27(22-9-2,23-10-3)18-14-16-20(7)17-15-19-28(24-11-4,25-12-5)26-13-6;1-7-20-26(21-8-2,22-9-3)17-13-15-19-16-14-18-27(23-10-4,24-11-5)25-12-6;1-7-20-24(21-8-2,22-9-3)15-11-13-16-12-10-14-23(17-4,18-5)19-6;1-14(10-8-12-21(15-2,16-3)17-4)11-9-13-22(18-5,19-6)20-7/h8-19H2,1-7H3;19H,7-18H2,1-6H3;16H,7-15H2,1-6H3;8-13H2,1-7H3. The molecule has 0 amide bonds. The van der Waals surface area contributed by atoms with Crippen molar-refractivity contribution in [2.45, 2.75) is 204 Å². The van der Waals surface area contributed by atoms with E-state index in [1.54, 1.807) is 64.0 Å². The van der Waals surface area contributed by atoms with Gasteiger partial charge in [-0.25, -0.2) is 0 Å². The van der Waals surface area contributed by atoms with Gasteiger partial charge in [0.15, 0.2) is 0 Å². The van der Waals surface area contributed by atoms with Crippen molar-refractivity contribution in [2.24, 2.45) is 0 Å². The number of hydrogen-bond acceptors (Lipinski definition) is 28. The van der Waals surface area contributed by atoms with E-state index in [0.29, 0.717) is 99.1 Å². The van der Waals surface area contributed by atoms with Gasteiger partial charge in [-0.1, -0.05) is 0 Å². The first-order chi connectivity index (χ1) is 48.6. The molecule has 0 aromatic carbocycles. The van der Waals surface area contributed by atoms with Crippen LogP contribution >= 0.6 is 0 Å². The predicted molar refractivity (Wildman–Crippen MR) is 420 cm³/mol. The first-order valence-electron chi connectivity index (χ1n) is 37.9. The van der Waals surface area contributed by atoms with Crippen molar-refractivity contribution >= 4 is 70.4 Å². The molecule has 0 spiro atoms. The smallest absolute Gasteiger partial charge is 0.377 e. The van der Waals surface area contributed by atoms with Crippen LogP contribution < -0.4 is 10.6 Å². The Bertz CT molecular complexity index is 1550. The highest BCUT2D eigenvalue weighted by molar-refractivity contribution is 6.63. The highest BCUT2D eigenvalue weighted by atomic mass is 28.4. The summed E-state index contributed by atoms with van der Waals surface area (Å²) in [5, 5.41) is 6.93. The molecule has 0 saturated heterocycles. The number of nitrogens with one attached hydrogen (secondary N) is 2. The minimum atomic E-state index is -2.54. The lowest BCUT2D eigenvalue weighted by Gasteiger charge is -2.30. The van der Waals surface area contributed by atoms with Gasteiger partial charge in [0.25, 0.3) is 0 Å². The Morgan fingerprint density at radius 3 is 0.436 bits per heavy atom. The van der Waals surface area contributed by atoms with E-state index < -0.39 is 70.4 Å². The van der Waals surface area contributed by atoms with Gasteiger partial charge in [-0.05, 0) is 222 Å². The summed E-state index contributed by atoms with van der Waals surface area (Å²) < 4.78 is 137. The van der Waals surface area contributed by atoms with Gasteiger partial charge >= 0.3 is 70.4 Å². The van der Waals surface area contributed by atoms with Gasteiger partial charge in [-0.2, -0.15) is 0 Å². The maximum atomic E-state index is 5.93. The van der Waals surface area contributed by atoms with E-state index in [-0.39, 0.29) is 0 Å². The Labute approximate surface area is 626 Å². The van der Waals surface area contributed by atoms with Crippen LogP contribution in [0.3, 0.4) is 0 Å². The monoisotopic (exact) mass is 1600 g/mol. The molecule has 0 aliphatic rings. The van der Waals surface area contributed by atoms with Crippen molar-refractivity contribution < 1.29 is 106 Å². The van der Waals surface area contributed by atoms with Crippen LogP contribution in [0.15, 0.2) is 0 Å². The Morgan fingerprint density at radius 1 is 0.188 bits per heavy atom. The fraction of sp³-hybridized carbons (Fsp3) is 1.00. The van der Waals surface area contributed by atoms with Crippen LogP contribution in [0.25, 0.3) is 0 Å². The fourth-order valence-electron chi connectivity index (χ4n) is 11.1. The summed E-state index contributed by atoms with van der Waals surface area (Å²) in [5.41, 5.74) is 0. The molecule has 0 atom stereocenters. The van der Waals surface area contributed by atoms with Crippen LogP contribution in [-0.4, -0.2) is 310 Å². The van der Waals surface area contributed by atoms with E-state index in [1.165, 1.54) is 0 Å². The van der Waals surface area contributed by atoms with Crippen LogP contribution in [0.5, 0.6) is 0 Å². The molecule has 0 bridgehead atoms. The Kier molecular flexibility index (Phi) is 74.6. The van der Waals surface area contributed by atoms with Crippen LogP contribution in [0.2, 0.25) is 48.4 Å². The second-order valence-electron chi connectivity index (χ2n) is 22.7. The van der Waals surface area contributed by atoms with Crippen LogP contribution in [0, 0.1) is 0 Å². The summed E-state index contributed by atoms with van der Waals surface area (Å²) in [7, 11) is -0.876. The lowest BCUT2D eigenvalue weighted by molar-refractivity contribution is 0.0686. The zero-order chi connectivity index (χ0) is 77.1. The van der Waals surface area contributed by atoms with E-state index in [4.69, 9.17) is 106 Å². The minimum absolute atomic E-state index is 0.622. The molecule has 0 aliphatic heterocycles. The third-order valence-electron chi connectivity index (χ3n) is 15.7. The van der Waals surface area contributed by atoms with Gasteiger partial charge in [-0.3, -0.25) is 0 Å². The first kappa shape index (κ1) is 108. The van der Waals surface area contributed by atoms with Crippen molar-refractivity contribution in [3.05, 3.63) is 0 Å². The third kappa shape index (κ3) is 50.2. The van der Waals surface area contributed by atoms with Crippen molar-refractivity contribution in [3.8, 4) is 0 Å². The molecule has 36 heteroatoms. The molecule has 0 unspecified atom stereocenters. The highest BCUT2D eigenvalue weighted by Gasteiger charge is 2.45. The van der Waals surface area contributed by atoms with Crippen LogP contribution in [0.1, 0.15) is 155 Å². The van der Waals surface area contributed by atoms with Gasteiger partial charge < -0.3 is 127 Å². The van der Waals surface area contributed by atoms with Gasteiger partial charge in [0.2, 0.25) is 0 Å². The predicted octanol–water partition coefficient (Wildman–Crippen LogP) is 11.0. The van der Waals surface area contributed by atoms with Gasteiger partial charge in [0.05, 0.1) is 0 Å². The summed E-state index contributed by atoms with van der Waals surface area (Å²) in [6, 6.07) is 6.64. The lowest BCUT2D eigenvalue weighted by Crippen LogP contribution is -2.47. The third-order valence-corrected chi connectivity index (χ3v) is 40.0. The Morgan fingerprint density at radius 2 is 0.307 bits per heavy atom. The van der Waals surface area contributed by atoms with Crippen LogP contribution in [-0.2, 0) is 106 Å². The van der Waals surface area contributed by atoms with Gasteiger partial charge in [-0.15, -0.1) is 0 Å². The lowest BCUT2D eigenvalue weighted by atomic mass is 10.4. The van der Waals surface area contributed by atoms with Gasteiger partial charge in [0.1, 0.15) is 0 Å². The van der Waals surface area contributed by atoms with E-state index in [2.05, 4.69) is 34.5 Å². The topological polar surface area (TPSA) is 252 Å². The summed E-state index contributed by atoms with van der Waals surface area (Å²) >= 11 is 0. The molecule has 0 fully saturated rings. The number of hydrogen-bond donors (Lipinski definition) is 2. The second-order valence-corrected chi connectivity index (χ2v) is 45.7. The number of rotatable bonds is 71. The summed E-state index contributed by atoms with van der Waals surface area (Å²) in [6.07, 6.45) is 7.79. The zero-order valence-corrected chi connectivity index (χ0v) is 77.3. The Hall–Kier alpha value is 0.615. The minimum Gasteiger partial charge on any atom is -0.377 e. The van der Waals surface area contributed by atoms with Crippen LogP contribution in [0.4, 0.5) is 0 Å². The van der Waals surface area contributed by atoms with Crippen molar-refractivity contribution in [2.75, 3.05) is 230 Å². The van der Waals surface area contributed by atoms with E-state index in [0.717, 1.165) is 152 Å². The quantitative estimate of drug-likeness (QED) is 0.0424. The maximum Gasteiger partial charge on any atom is 0.500 e. The van der Waals surface area contributed by atoms with E-state index in [1.807, 2.05) is 104 Å². The SMILES string of the molecule is CCO[Si](CCCN(C)CCC[Si](OCC)(OCC)OCC)(OCC)OCC.CCO[Si](CCCNCCC[Si](OC)(OC)OC)(OCC)OCC.CCO[Si](CCCNCCC[Si](OCC)(OCC)OCC)(OCC)OCC.CO[Si](CCCN(C)CCC[Si](OC)(OC)OC)(OC)OC. The van der Waals surface area contributed by atoms with E-state index in [9.17, 15) is 0 Å². The molecular formula is C65H158N4O24Si8. The molecule has 0 saturated carbocycles. The molecule has 0 rings (SSSR count). The molecule has 0 radical (unpaired) electrons. The summed E-state index contributed by atoms with van der Waals surface area (Å²) in [5.74, 6) is 0.